The average Bonchev–Trinajstić information content (AvgIpc) is 3.24. The summed E-state index contributed by atoms with van der Waals surface area (Å²) in [6, 6.07) is 11.4. The third kappa shape index (κ3) is 4.18. The SMILES string of the molecule is O=C(NCc1ccco1)c1cccc(CSC2=NCCS2)c1. The quantitative estimate of drug-likeness (QED) is 0.910. The molecule has 114 valence electrons. The predicted octanol–water partition coefficient (Wildman–Crippen LogP) is 3.55. The Balaban J connectivity index is 1.56. The minimum Gasteiger partial charge on any atom is -0.467 e. The van der Waals surface area contributed by atoms with Gasteiger partial charge in [0, 0.05) is 17.1 Å². The first-order valence-corrected chi connectivity index (χ1v) is 8.98. The number of amides is 1. The number of carbonyl (C=O) groups is 1. The van der Waals surface area contributed by atoms with Crippen molar-refractivity contribution in [2.75, 3.05) is 12.3 Å². The van der Waals surface area contributed by atoms with Crippen LogP contribution in [0.3, 0.4) is 0 Å². The Morgan fingerprint density at radius 1 is 1.36 bits per heavy atom. The topological polar surface area (TPSA) is 54.6 Å². The first kappa shape index (κ1) is 15.2. The van der Waals surface area contributed by atoms with Gasteiger partial charge in [0.1, 0.15) is 10.1 Å². The third-order valence-corrected chi connectivity index (χ3v) is 5.44. The zero-order chi connectivity index (χ0) is 15.2. The summed E-state index contributed by atoms with van der Waals surface area (Å²) in [5, 5.41) is 2.86. The van der Waals surface area contributed by atoms with Crippen molar-refractivity contribution in [2.24, 2.45) is 4.99 Å². The molecule has 0 saturated heterocycles. The molecular weight excluding hydrogens is 316 g/mol. The molecule has 0 atom stereocenters. The van der Waals surface area contributed by atoms with Gasteiger partial charge in [-0.2, -0.15) is 0 Å². The summed E-state index contributed by atoms with van der Waals surface area (Å²) in [4.78, 5) is 16.6. The average molecular weight is 332 g/mol. The molecule has 0 aliphatic carbocycles. The van der Waals surface area contributed by atoms with E-state index in [9.17, 15) is 4.79 Å². The number of nitrogens with one attached hydrogen (secondary N) is 1. The maximum Gasteiger partial charge on any atom is 0.251 e. The van der Waals surface area contributed by atoms with Gasteiger partial charge in [0.05, 0.1) is 19.4 Å². The number of thioether (sulfide) groups is 2. The van der Waals surface area contributed by atoms with E-state index in [0.717, 1.165) is 33.7 Å². The highest BCUT2D eigenvalue weighted by Crippen LogP contribution is 2.25. The molecular formula is C16H16N2O2S2. The fourth-order valence-electron chi connectivity index (χ4n) is 2.03. The fourth-order valence-corrected chi connectivity index (χ4v) is 3.99. The zero-order valence-corrected chi connectivity index (χ0v) is 13.6. The van der Waals surface area contributed by atoms with E-state index in [1.807, 2.05) is 36.4 Å². The summed E-state index contributed by atoms with van der Waals surface area (Å²) in [5.74, 6) is 2.58. The highest BCUT2D eigenvalue weighted by atomic mass is 32.2. The van der Waals surface area contributed by atoms with Gasteiger partial charge in [0.15, 0.2) is 0 Å². The van der Waals surface area contributed by atoms with Crippen LogP contribution < -0.4 is 5.32 Å². The number of benzene rings is 1. The van der Waals surface area contributed by atoms with Crippen molar-refractivity contribution in [3.05, 3.63) is 59.5 Å². The Morgan fingerprint density at radius 2 is 2.32 bits per heavy atom. The molecule has 6 heteroatoms. The van der Waals surface area contributed by atoms with Crippen molar-refractivity contribution in [3.63, 3.8) is 0 Å². The lowest BCUT2D eigenvalue weighted by molar-refractivity contribution is 0.0948. The molecule has 1 aliphatic rings. The largest absolute Gasteiger partial charge is 0.467 e. The second-order valence-corrected chi connectivity index (χ2v) is 7.05. The smallest absolute Gasteiger partial charge is 0.251 e. The summed E-state index contributed by atoms with van der Waals surface area (Å²) < 4.78 is 6.35. The summed E-state index contributed by atoms with van der Waals surface area (Å²) in [6.45, 7) is 1.32. The Morgan fingerprint density at radius 3 is 3.09 bits per heavy atom. The number of rotatable bonds is 5. The normalized spacial score (nSPS) is 13.9. The first-order chi connectivity index (χ1) is 10.8. The van der Waals surface area contributed by atoms with E-state index in [4.69, 9.17) is 4.42 Å². The number of hydrogen-bond acceptors (Lipinski definition) is 5. The van der Waals surface area contributed by atoms with Crippen molar-refractivity contribution < 1.29 is 9.21 Å². The van der Waals surface area contributed by atoms with Crippen LogP contribution in [-0.4, -0.2) is 22.6 Å². The zero-order valence-electron chi connectivity index (χ0n) is 12.0. The van der Waals surface area contributed by atoms with Crippen LogP contribution in [0.2, 0.25) is 0 Å². The fraction of sp³-hybridized carbons (Fsp3) is 0.250. The second-order valence-electron chi connectivity index (χ2n) is 4.75. The highest BCUT2D eigenvalue weighted by molar-refractivity contribution is 8.38. The number of carbonyl (C=O) groups excluding carboxylic acids is 1. The molecule has 0 unspecified atom stereocenters. The molecule has 1 aliphatic heterocycles. The number of nitrogens with zero attached hydrogens (tertiary/aromatic N) is 1. The molecule has 0 bridgehead atoms. The van der Waals surface area contributed by atoms with Gasteiger partial charge in [-0.15, -0.1) is 0 Å². The van der Waals surface area contributed by atoms with E-state index < -0.39 is 0 Å². The number of aliphatic imine (C=N–C) groups is 1. The molecule has 1 aromatic carbocycles. The monoisotopic (exact) mass is 332 g/mol. The minimum atomic E-state index is -0.0872. The predicted molar refractivity (Wildman–Crippen MR) is 92.4 cm³/mol. The molecule has 0 fully saturated rings. The van der Waals surface area contributed by atoms with Gasteiger partial charge in [-0.1, -0.05) is 35.7 Å². The van der Waals surface area contributed by atoms with Crippen molar-refractivity contribution in [2.45, 2.75) is 12.3 Å². The van der Waals surface area contributed by atoms with Gasteiger partial charge >= 0.3 is 0 Å². The Labute approximate surface area is 137 Å². The van der Waals surface area contributed by atoms with Crippen LogP contribution in [0.5, 0.6) is 0 Å². The van der Waals surface area contributed by atoms with Gasteiger partial charge in [-0.25, -0.2) is 0 Å². The maximum atomic E-state index is 12.2. The molecule has 1 N–H and O–H groups in total. The van der Waals surface area contributed by atoms with E-state index in [1.165, 1.54) is 0 Å². The minimum absolute atomic E-state index is 0.0872. The summed E-state index contributed by atoms with van der Waals surface area (Å²) in [5.41, 5.74) is 1.80. The van der Waals surface area contributed by atoms with Crippen molar-refractivity contribution >= 4 is 33.8 Å². The molecule has 2 aromatic rings. The van der Waals surface area contributed by atoms with Crippen molar-refractivity contribution in [1.82, 2.24) is 5.32 Å². The van der Waals surface area contributed by atoms with Crippen molar-refractivity contribution in [1.29, 1.82) is 0 Å². The van der Waals surface area contributed by atoms with Crippen LogP contribution in [0.25, 0.3) is 0 Å². The lowest BCUT2D eigenvalue weighted by Crippen LogP contribution is -2.22. The molecule has 4 nitrogen and oxygen atoms in total. The molecule has 1 amide bonds. The highest BCUT2D eigenvalue weighted by Gasteiger charge is 2.10. The number of furan rings is 1. The molecule has 1 aromatic heterocycles. The summed E-state index contributed by atoms with van der Waals surface area (Å²) in [6.07, 6.45) is 1.60. The Bertz CT molecular complexity index is 669. The molecule has 2 heterocycles. The van der Waals surface area contributed by atoms with E-state index in [1.54, 1.807) is 29.8 Å². The van der Waals surface area contributed by atoms with Gasteiger partial charge in [-0.05, 0) is 29.8 Å². The second kappa shape index (κ2) is 7.56. The summed E-state index contributed by atoms with van der Waals surface area (Å²) in [7, 11) is 0. The molecule has 22 heavy (non-hydrogen) atoms. The standard InChI is InChI=1S/C16H16N2O2S2/c19-15(18-10-14-5-2-7-20-14)13-4-1-3-12(9-13)11-22-16-17-6-8-21-16/h1-5,7,9H,6,8,10-11H2,(H,18,19). The van der Waals surface area contributed by atoms with E-state index in [0.29, 0.717) is 12.1 Å². The molecule has 3 rings (SSSR count). The molecule has 0 radical (unpaired) electrons. The molecule has 0 saturated carbocycles. The van der Waals surface area contributed by atoms with Crippen LogP contribution >= 0.6 is 23.5 Å². The Hall–Kier alpha value is -1.66. The lowest BCUT2D eigenvalue weighted by Gasteiger charge is -2.06. The van der Waals surface area contributed by atoms with E-state index in [2.05, 4.69) is 10.3 Å². The van der Waals surface area contributed by atoms with Crippen LogP contribution in [0, 0.1) is 0 Å². The Kier molecular flexibility index (Phi) is 5.24. The van der Waals surface area contributed by atoms with Crippen LogP contribution in [-0.2, 0) is 12.3 Å². The molecule has 0 spiro atoms. The lowest BCUT2D eigenvalue weighted by atomic mass is 10.1. The van der Waals surface area contributed by atoms with Gasteiger partial charge in [0.25, 0.3) is 5.91 Å². The summed E-state index contributed by atoms with van der Waals surface area (Å²) >= 11 is 3.54. The van der Waals surface area contributed by atoms with Crippen molar-refractivity contribution in [3.8, 4) is 0 Å². The number of hydrogen-bond donors (Lipinski definition) is 1. The van der Waals surface area contributed by atoms with Gasteiger partial charge < -0.3 is 9.73 Å². The van der Waals surface area contributed by atoms with Crippen LogP contribution in [0.1, 0.15) is 21.7 Å². The third-order valence-electron chi connectivity index (χ3n) is 3.11. The van der Waals surface area contributed by atoms with Gasteiger partial charge in [-0.3, -0.25) is 9.79 Å². The first-order valence-electron chi connectivity index (χ1n) is 7.01. The maximum absolute atomic E-state index is 12.2. The van der Waals surface area contributed by atoms with E-state index in [-0.39, 0.29) is 5.91 Å². The van der Waals surface area contributed by atoms with Crippen LogP contribution in [0.15, 0.2) is 52.1 Å². The van der Waals surface area contributed by atoms with Crippen LogP contribution in [0.4, 0.5) is 0 Å². The van der Waals surface area contributed by atoms with E-state index >= 15 is 0 Å². The van der Waals surface area contributed by atoms with Gasteiger partial charge in [0.2, 0.25) is 0 Å².